The average Bonchev–Trinajstić information content (AvgIpc) is 3.58. The van der Waals surface area contributed by atoms with Gasteiger partial charge in [0.2, 0.25) is 5.91 Å². The molecule has 9 heteroatoms. The number of nitrogens with one attached hydrogen (secondary N) is 3. The Morgan fingerprint density at radius 2 is 1.73 bits per heavy atom. The second kappa shape index (κ2) is 14.8. The van der Waals surface area contributed by atoms with Crippen LogP contribution in [-0.2, 0) is 11.2 Å². The van der Waals surface area contributed by atoms with Crippen molar-refractivity contribution in [1.29, 1.82) is 0 Å². The smallest absolute Gasteiger partial charge is 0.240 e. The number of anilines is 1. The monoisotopic (exact) mass is 636 g/mol. The predicted molar refractivity (Wildman–Crippen MR) is 181 cm³/mol. The summed E-state index contributed by atoms with van der Waals surface area (Å²) in [6, 6.07) is 13.5. The number of aliphatic imine (C=N–C) groups is 1. The van der Waals surface area contributed by atoms with Gasteiger partial charge in [0.05, 0.1) is 12.4 Å². The Labute approximate surface area is 273 Å². The zero-order valence-corrected chi connectivity index (χ0v) is 27.5. The summed E-state index contributed by atoms with van der Waals surface area (Å²) in [5, 5.41) is 10.4. The van der Waals surface area contributed by atoms with Crippen LogP contribution in [0.2, 0.25) is 5.02 Å². The molecule has 2 aromatic carbocycles. The number of aryl methyl sites for hydroxylation is 1. The van der Waals surface area contributed by atoms with Gasteiger partial charge in [-0.3, -0.25) is 9.79 Å². The number of carbonyl (C=O) groups is 1. The second-order valence-corrected chi connectivity index (χ2v) is 14.4. The largest absolute Gasteiger partial charge is 0.382 e. The topological polar surface area (TPSA) is 72.0 Å². The zero-order valence-electron chi connectivity index (χ0n) is 26.7. The van der Waals surface area contributed by atoms with E-state index in [1.165, 1.54) is 38.2 Å². The Kier molecular flexibility index (Phi) is 10.6. The lowest BCUT2D eigenvalue weighted by atomic mass is 9.63. The van der Waals surface area contributed by atoms with Gasteiger partial charge in [-0.2, -0.15) is 0 Å². The fourth-order valence-electron chi connectivity index (χ4n) is 8.31. The number of hydrazine groups is 1. The molecular formula is C36H50ClFN6O. The quantitative estimate of drug-likeness (QED) is 0.271. The van der Waals surface area contributed by atoms with Gasteiger partial charge in [0.1, 0.15) is 12.5 Å². The molecule has 0 unspecified atom stereocenters. The van der Waals surface area contributed by atoms with E-state index in [2.05, 4.69) is 31.0 Å². The summed E-state index contributed by atoms with van der Waals surface area (Å²) in [7, 11) is 0. The molecule has 4 aliphatic rings. The van der Waals surface area contributed by atoms with Crippen LogP contribution in [0.1, 0.15) is 81.8 Å². The van der Waals surface area contributed by atoms with Crippen molar-refractivity contribution in [2.24, 2.45) is 16.3 Å². The molecule has 0 radical (unpaired) electrons. The van der Waals surface area contributed by atoms with Crippen LogP contribution in [0.15, 0.2) is 47.5 Å². The fourth-order valence-corrected chi connectivity index (χ4v) is 8.44. The van der Waals surface area contributed by atoms with Crippen molar-refractivity contribution in [3.05, 3.63) is 64.4 Å². The summed E-state index contributed by atoms with van der Waals surface area (Å²) < 4.78 is 13.7. The number of piperidine rings is 1. The molecule has 2 aliphatic carbocycles. The Morgan fingerprint density at radius 3 is 2.40 bits per heavy atom. The Balaban J connectivity index is 1.09. The number of rotatable bonds is 10. The first-order valence-electron chi connectivity index (χ1n) is 17.2. The summed E-state index contributed by atoms with van der Waals surface area (Å²) in [6.45, 7) is 5.15. The van der Waals surface area contributed by atoms with E-state index in [9.17, 15) is 9.18 Å². The average molecular weight is 637 g/mol. The minimum atomic E-state index is -0.267. The molecule has 45 heavy (non-hydrogen) atoms. The third-order valence-corrected chi connectivity index (χ3v) is 11.2. The van der Waals surface area contributed by atoms with Crippen molar-refractivity contribution in [2.75, 3.05) is 31.6 Å². The van der Waals surface area contributed by atoms with Crippen LogP contribution in [0, 0.1) is 24.1 Å². The highest BCUT2D eigenvalue weighted by Gasteiger charge is 2.44. The third kappa shape index (κ3) is 8.19. The van der Waals surface area contributed by atoms with Crippen molar-refractivity contribution in [1.82, 2.24) is 20.7 Å². The molecule has 3 N–H and O–H groups in total. The van der Waals surface area contributed by atoms with E-state index < -0.39 is 0 Å². The van der Waals surface area contributed by atoms with E-state index in [1.54, 1.807) is 6.92 Å². The Morgan fingerprint density at radius 1 is 1.02 bits per heavy atom. The van der Waals surface area contributed by atoms with Gasteiger partial charge in [0.25, 0.3) is 0 Å². The highest BCUT2D eigenvalue weighted by Crippen LogP contribution is 2.46. The van der Waals surface area contributed by atoms with Gasteiger partial charge in [-0.15, -0.1) is 0 Å². The molecule has 2 aromatic rings. The maximum atomic E-state index is 14.3. The lowest BCUT2D eigenvalue weighted by Crippen LogP contribution is -2.57. The number of amides is 1. The van der Waals surface area contributed by atoms with Crippen LogP contribution >= 0.6 is 11.6 Å². The number of benzene rings is 2. The highest BCUT2D eigenvalue weighted by atomic mass is 35.5. The number of nitrogens with zero attached hydrogens (tertiary/aromatic N) is 3. The molecule has 3 fully saturated rings. The van der Waals surface area contributed by atoms with Crippen LogP contribution in [0.5, 0.6) is 0 Å². The molecule has 244 valence electrons. The summed E-state index contributed by atoms with van der Waals surface area (Å²) in [6.07, 6.45) is 15.2. The van der Waals surface area contributed by atoms with Crippen LogP contribution in [0.25, 0.3) is 0 Å². The van der Waals surface area contributed by atoms with Crippen molar-refractivity contribution in [2.45, 2.75) is 102 Å². The SMILES string of the molecule is Cc1cc(N[C@H]2CC[C@@H](N[C@H](Cc3ccc(Cl)cc3)C(=O)N3CCC(CN4CN=CN4)(C4CCCCC4)CC3)CC2)ccc1F. The summed E-state index contributed by atoms with van der Waals surface area (Å²) in [5.74, 6) is 0.778. The van der Waals surface area contributed by atoms with Crippen molar-refractivity contribution in [3.8, 4) is 0 Å². The molecule has 1 atom stereocenters. The van der Waals surface area contributed by atoms with E-state index in [1.807, 2.05) is 42.7 Å². The molecular weight excluding hydrogens is 587 g/mol. The fraction of sp³-hybridized carbons (Fsp3) is 0.611. The molecule has 1 amide bonds. The first-order valence-corrected chi connectivity index (χ1v) is 17.6. The highest BCUT2D eigenvalue weighted by molar-refractivity contribution is 6.30. The molecule has 7 nitrogen and oxygen atoms in total. The van der Waals surface area contributed by atoms with Crippen LogP contribution in [-0.4, -0.2) is 66.6 Å². The summed E-state index contributed by atoms with van der Waals surface area (Å²) in [5.41, 5.74) is 6.33. The zero-order chi connectivity index (χ0) is 31.2. The normalized spacial score (nSPS) is 24.7. The molecule has 0 aromatic heterocycles. The predicted octanol–water partition coefficient (Wildman–Crippen LogP) is 6.71. The minimum Gasteiger partial charge on any atom is -0.382 e. The van der Waals surface area contributed by atoms with Gasteiger partial charge in [-0.1, -0.05) is 43.0 Å². The molecule has 0 spiro atoms. The molecule has 2 saturated carbocycles. The summed E-state index contributed by atoms with van der Waals surface area (Å²) in [4.78, 5) is 20.8. The van der Waals surface area contributed by atoms with E-state index >= 15 is 0 Å². The summed E-state index contributed by atoms with van der Waals surface area (Å²) >= 11 is 6.20. The van der Waals surface area contributed by atoms with E-state index in [-0.39, 0.29) is 29.2 Å². The number of hydrogen-bond donors (Lipinski definition) is 3. The molecule has 0 bridgehead atoms. The molecule has 6 rings (SSSR count). The van der Waals surface area contributed by atoms with Gasteiger partial charge in [-0.25, -0.2) is 9.40 Å². The first kappa shape index (κ1) is 32.3. The van der Waals surface area contributed by atoms with Gasteiger partial charge < -0.3 is 21.0 Å². The number of carbonyl (C=O) groups excluding carboxylic acids is 1. The van der Waals surface area contributed by atoms with Crippen LogP contribution in [0.4, 0.5) is 10.1 Å². The van der Waals surface area contributed by atoms with Crippen molar-refractivity contribution < 1.29 is 9.18 Å². The van der Waals surface area contributed by atoms with E-state index in [0.29, 0.717) is 29.7 Å². The van der Waals surface area contributed by atoms with Crippen molar-refractivity contribution in [3.63, 3.8) is 0 Å². The maximum Gasteiger partial charge on any atom is 0.240 e. The number of halogens is 2. The lowest BCUT2D eigenvalue weighted by molar-refractivity contribution is -0.137. The maximum absolute atomic E-state index is 14.3. The Bertz CT molecular complexity index is 1290. The third-order valence-electron chi connectivity index (χ3n) is 11.0. The number of likely N-dealkylation sites (tertiary alicyclic amines) is 1. The Hall–Kier alpha value is -2.68. The first-order chi connectivity index (χ1) is 21.9. The molecule has 1 saturated heterocycles. The molecule has 2 heterocycles. The second-order valence-electron chi connectivity index (χ2n) is 14.0. The van der Waals surface area contributed by atoms with Gasteiger partial charge in [0.15, 0.2) is 0 Å². The number of hydrogen-bond acceptors (Lipinski definition) is 6. The lowest BCUT2D eigenvalue weighted by Gasteiger charge is -2.50. The van der Waals surface area contributed by atoms with Crippen LogP contribution < -0.4 is 16.1 Å². The standard InChI is InChI=1S/C36H50ClFN6O/c1-26-21-32(15-16-33(26)38)41-30-11-13-31(14-12-30)42-34(22-27-7-9-29(37)10-8-27)35(45)43-19-17-36(18-20-43,23-44-25-39-24-40-44)28-5-3-2-4-6-28/h7-10,15-16,21,24,28,30-31,34,41-42H,2-6,11-14,17-20,22-23,25H2,1H3,(H,39,40)/t30-,31+,34-/m1/s1. The van der Waals surface area contributed by atoms with E-state index in [0.717, 1.165) is 75.3 Å². The van der Waals surface area contributed by atoms with Crippen molar-refractivity contribution >= 4 is 29.5 Å². The minimum absolute atomic E-state index is 0.170. The molecule has 2 aliphatic heterocycles. The van der Waals surface area contributed by atoms with Gasteiger partial charge in [-0.05, 0) is 118 Å². The van der Waals surface area contributed by atoms with Crippen LogP contribution in [0.3, 0.4) is 0 Å². The van der Waals surface area contributed by atoms with E-state index in [4.69, 9.17) is 11.6 Å². The van der Waals surface area contributed by atoms with Gasteiger partial charge in [0, 0.05) is 42.4 Å². The van der Waals surface area contributed by atoms with Gasteiger partial charge >= 0.3 is 0 Å².